The molecule has 0 atom stereocenters. The van der Waals surface area contributed by atoms with Crippen LogP contribution in [0.4, 0.5) is 0 Å². The van der Waals surface area contributed by atoms with Gasteiger partial charge in [0.25, 0.3) is 0 Å². The zero-order valence-electron chi connectivity index (χ0n) is 8.95. The average molecular weight is 234 g/mol. The van der Waals surface area contributed by atoms with E-state index < -0.39 is 9.84 Å². The first-order valence-corrected chi connectivity index (χ1v) is 6.51. The van der Waals surface area contributed by atoms with Crippen LogP contribution in [0.3, 0.4) is 0 Å². The Morgan fingerprint density at radius 3 is 2.53 bits per heavy atom. The second-order valence-electron chi connectivity index (χ2n) is 3.44. The summed E-state index contributed by atoms with van der Waals surface area (Å²) >= 11 is 0. The predicted octanol–water partition coefficient (Wildman–Crippen LogP) is -0.558. The first-order chi connectivity index (χ1) is 6.87. The van der Waals surface area contributed by atoms with E-state index in [2.05, 4.69) is 11.9 Å². The smallest absolute Gasteiger partial charge is 0.221 e. The van der Waals surface area contributed by atoms with Crippen molar-refractivity contribution in [3.8, 4) is 0 Å². The Labute approximate surface area is 90.6 Å². The third-order valence-electron chi connectivity index (χ3n) is 1.57. The lowest BCUT2D eigenvalue weighted by atomic mass is 10.4. The van der Waals surface area contributed by atoms with Crippen molar-refractivity contribution in [2.24, 2.45) is 5.73 Å². The summed E-state index contributed by atoms with van der Waals surface area (Å²) in [5.41, 5.74) is 5.76. The molecule has 0 unspecified atom stereocenters. The monoisotopic (exact) mass is 234 g/mol. The van der Waals surface area contributed by atoms with Gasteiger partial charge in [-0.2, -0.15) is 0 Å². The summed E-state index contributed by atoms with van der Waals surface area (Å²) < 4.78 is 22.7. The second-order valence-corrected chi connectivity index (χ2v) is 5.62. The fraction of sp³-hybridized carbons (Fsp3) is 0.667. The minimum Gasteiger partial charge on any atom is -0.355 e. The van der Waals surface area contributed by atoms with Crippen LogP contribution in [0.5, 0.6) is 0 Å². The molecule has 0 aliphatic heterocycles. The number of hydrogen-bond donors (Lipinski definition) is 2. The van der Waals surface area contributed by atoms with E-state index in [1.807, 2.05) is 0 Å². The van der Waals surface area contributed by atoms with Gasteiger partial charge in [-0.05, 0) is 6.92 Å². The zero-order chi connectivity index (χ0) is 11.9. The van der Waals surface area contributed by atoms with Gasteiger partial charge >= 0.3 is 0 Å². The highest BCUT2D eigenvalue weighted by atomic mass is 32.2. The van der Waals surface area contributed by atoms with Crippen LogP contribution in [0.15, 0.2) is 12.2 Å². The lowest BCUT2D eigenvalue weighted by Gasteiger charge is -2.04. The van der Waals surface area contributed by atoms with Crippen LogP contribution >= 0.6 is 0 Å². The van der Waals surface area contributed by atoms with E-state index >= 15 is 0 Å². The number of sulfone groups is 1. The molecule has 6 heteroatoms. The standard InChI is InChI=1S/C9H18N2O3S/c1-8(2)7-15(13,14)6-3-9(12)11-5-4-10/h1,3-7,10H2,2H3,(H,11,12). The van der Waals surface area contributed by atoms with Gasteiger partial charge in [0.15, 0.2) is 9.84 Å². The fourth-order valence-electron chi connectivity index (χ4n) is 0.996. The van der Waals surface area contributed by atoms with Gasteiger partial charge in [-0.3, -0.25) is 4.79 Å². The third-order valence-corrected chi connectivity index (χ3v) is 3.33. The van der Waals surface area contributed by atoms with Crippen molar-refractivity contribution < 1.29 is 13.2 Å². The van der Waals surface area contributed by atoms with Crippen molar-refractivity contribution in [3.05, 3.63) is 12.2 Å². The summed E-state index contributed by atoms with van der Waals surface area (Å²) in [6.45, 7) is 5.89. The molecule has 15 heavy (non-hydrogen) atoms. The highest BCUT2D eigenvalue weighted by Gasteiger charge is 2.13. The van der Waals surface area contributed by atoms with Gasteiger partial charge in [0.2, 0.25) is 5.91 Å². The highest BCUT2D eigenvalue weighted by molar-refractivity contribution is 7.91. The Morgan fingerprint density at radius 1 is 1.47 bits per heavy atom. The van der Waals surface area contributed by atoms with Gasteiger partial charge < -0.3 is 11.1 Å². The maximum absolute atomic E-state index is 11.4. The molecular weight excluding hydrogens is 216 g/mol. The van der Waals surface area contributed by atoms with Gasteiger partial charge in [0.05, 0.1) is 11.5 Å². The summed E-state index contributed by atoms with van der Waals surface area (Å²) in [6.07, 6.45) is -0.0182. The number of rotatable bonds is 7. The molecule has 5 nitrogen and oxygen atoms in total. The van der Waals surface area contributed by atoms with Crippen LogP contribution in [-0.4, -0.2) is 38.9 Å². The van der Waals surface area contributed by atoms with Crippen molar-refractivity contribution in [2.75, 3.05) is 24.6 Å². The minimum absolute atomic E-state index is 0.0182. The average Bonchev–Trinajstić information content (AvgIpc) is 2.09. The lowest BCUT2D eigenvalue weighted by molar-refractivity contribution is -0.120. The summed E-state index contributed by atoms with van der Waals surface area (Å²) in [4.78, 5) is 11.1. The molecule has 0 fully saturated rings. The molecule has 0 aromatic carbocycles. The van der Waals surface area contributed by atoms with Crippen molar-refractivity contribution in [2.45, 2.75) is 13.3 Å². The van der Waals surface area contributed by atoms with Gasteiger partial charge in [0.1, 0.15) is 0 Å². The molecule has 1 amide bonds. The summed E-state index contributed by atoms with van der Waals surface area (Å²) in [7, 11) is -3.19. The molecule has 88 valence electrons. The molecular formula is C9H18N2O3S. The van der Waals surface area contributed by atoms with Crippen LogP contribution in [0.25, 0.3) is 0 Å². The van der Waals surface area contributed by atoms with E-state index in [-0.39, 0.29) is 23.8 Å². The number of nitrogens with one attached hydrogen (secondary N) is 1. The molecule has 0 bridgehead atoms. The van der Waals surface area contributed by atoms with Gasteiger partial charge in [0, 0.05) is 19.5 Å². The van der Waals surface area contributed by atoms with Gasteiger partial charge in [-0.15, -0.1) is 0 Å². The molecule has 0 aromatic heterocycles. The van der Waals surface area contributed by atoms with Crippen LogP contribution in [-0.2, 0) is 14.6 Å². The topological polar surface area (TPSA) is 89.3 Å². The third kappa shape index (κ3) is 8.14. The predicted molar refractivity (Wildman–Crippen MR) is 60.1 cm³/mol. The van der Waals surface area contributed by atoms with Crippen LogP contribution in [0.2, 0.25) is 0 Å². The van der Waals surface area contributed by atoms with E-state index in [1.54, 1.807) is 6.92 Å². The Balaban J connectivity index is 3.93. The maximum Gasteiger partial charge on any atom is 0.221 e. The lowest BCUT2D eigenvalue weighted by Crippen LogP contribution is -2.30. The Hall–Kier alpha value is -0.880. The van der Waals surface area contributed by atoms with Crippen molar-refractivity contribution in [1.29, 1.82) is 0 Å². The molecule has 0 aliphatic carbocycles. The normalized spacial score (nSPS) is 11.1. The van der Waals surface area contributed by atoms with Crippen molar-refractivity contribution >= 4 is 15.7 Å². The van der Waals surface area contributed by atoms with Crippen molar-refractivity contribution in [3.63, 3.8) is 0 Å². The number of carbonyl (C=O) groups is 1. The van der Waals surface area contributed by atoms with E-state index in [9.17, 15) is 13.2 Å². The number of hydrogen-bond acceptors (Lipinski definition) is 4. The van der Waals surface area contributed by atoms with E-state index in [0.29, 0.717) is 18.7 Å². The SMILES string of the molecule is C=C(C)CS(=O)(=O)CCC(=O)NCCN. The van der Waals surface area contributed by atoms with E-state index in [1.165, 1.54) is 0 Å². The quantitative estimate of drug-likeness (QED) is 0.578. The molecule has 0 saturated carbocycles. The minimum atomic E-state index is -3.19. The van der Waals surface area contributed by atoms with Crippen LogP contribution < -0.4 is 11.1 Å². The summed E-state index contributed by atoms with van der Waals surface area (Å²) in [5, 5.41) is 2.51. The maximum atomic E-state index is 11.4. The molecule has 0 radical (unpaired) electrons. The highest BCUT2D eigenvalue weighted by Crippen LogP contribution is 2.00. The molecule has 0 aliphatic rings. The molecule has 0 aromatic rings. The van der Waals surface area contributed by atoms with Gasteiger partial charge in [-0.1, -0.05) is 12.2 Å². The molecule has 0 rings (SSSR count). The second kappa shape index (κ2) is 6.58. The van der Waals surface area contributed by atoms with Gasteiger partial charge in [-0.25, -0.2) is 8.42 Å². The first-order valence-electron chi connectivity index (χ1n) is 4.69. The molecule has 3 N–H and O–H groups in total. The Morgan fingerprint density at radius 2 is 2.07 bits per heavy atom. The summed E-state index contributed by atoms with van der Waals surface area (Å²) in [5.74, 6) is -0.487. The number of nitrogens with two attached hydrogens (primary N) is 1. The Bertz CT molecular complexity index is 322. The number of amides is 1. The largest absolute Gasteiger partial charge is 0.355 e. The van der Waals surface area contributed by atoms with E-state index in [4.69, 9.17) is 5.73 Å². The van der Waals surface area contributed by atoms with Crippen LogP contribution in [0.1, 0.15) is 13.3 Å². The van der Waals surface area contributed by atoms with Crippen molar-refractivity contribution in [1.82, 2.24) is 5.32 Å². The Kier molecular flexibility index (Phi) is 6.19. The molecule has 0 saturated heterocycles. The first kappa shape index (κ1) is 14.1. The summed E-state index contributed by atoms with van der Waals surface area (Å²) in [6, 6.07) is 0. The fourth-order valence-corrected chi connectivity index (χ4v) is 2.39. The zero-order valence-corrected chi connectivity index (χ0v) is 9.77. The molecule has 0 spiro atoms. The number of carbonyl (C=O) groups excluding carboxylic acids is 1. The van der Waals surface area contributed by atoms with Crippen LogP contribution in [0, 0.1) is 0 Å². The molecule has 0 heterocycles. The van der Waals surface area contributed by atoms with E-state index in [0.717, 1.165) is 0 Å².